The number of aryl methyl sites for hydroxylation is 2. The third-order valence-corrected chi connectivity index (χ3v) is 6.11. The third-order valence-electron chi connectivity index (χ3n) is 6.11. The van der Waals surface area contributed by atoms with E-state index in [1.165, 1.54) is 11.3 Å². The van der Waals surface area contributed by atoms with Gasteiger partial charge in [-0.25, -0.2) is 4.98 Å². The molecule has 0 bridgehead atoms. The molecule has 6 heteroatoms. The number of anilines is 1. The third kappa shape index (κ3) is 5.56. The van der Waals surface area contributed by atoms with Crippen molar-refractivity contribution in [2.75, 3.05) is 44.2 Å². The van der Waals surface area contributed by atoms with Crippen LogP contribution in [0.4, 0.5) is 5.69 Å². The molecule has 0 saturated carbocycles. The largest absolute Gasteiger partial charge is 0.369 e. The van der Waals surface area contributed by atoms with Gasteiger partial charge in [0.2, 0.25) is 0 Å². The highest BCUT2D eigenvalue weighted by atomic mass is 16.1. The number of carbonyl (C=O) groups is 1. The van der Waals surface area contributed by atoms with Gasteiger partial charge in [0.05, 0.1) is 17.6 Å². The monoisotopic (exact) mass is 431 g/mol. The van der Waals surface area contributed by atoms with E-state index in [0.717, 1.165) is 56.8 Å². The van der Waals surface area contributed by atoms with Crippen LogP contribution in [0.25, 0.3) is 5.69 Å². The molecule has 0 spiro atoms. The van der Waals surface area contributed by atoms with Crippen LogP contribution in [0.3, 0.4) is 0 Å². The van der Waals surface area contributed by atoms with Crippen LogP contribution in [-0.2, 0) is 0 Å². The van der Waals surface area contributed by atoms with Crippen molar-refractivity contribution in [3.05, 3.63) is 77.9 Å². The van der Waals surface area contributed by atoms with Gasteiger partial charge in [0.15, 0.2) is 0 Å². The van der Waals surface area contributed by atoms with Crippen LogP contribution in [0.15, 0.2) is 61.2 Å². The smallest absolute Gasteiger partial charge is 0.253 e. The highest BCUT2D eigenvalue weighted by Crippen LogP contribution is 2.18. The number of benzene rings is 2. The maximum Gasteiger partial charge on any atom is 0.253 e. The summed E-state index contributed by atoms with van der Waals surface area (Å²) in [5.74, 6) is -0.0239. The SMILES string of the molecule is Cc1cccc(N2CCN(CCCCNC(=O)c3cc(C)ccc3-n3ccnc3)CC2)c1. The summed E-state index contributed by atoms with van der Waals surface area (Å²) in [5.41, 5.74) is 5.27. The Kier molecular flexibility index (Phi) is 7.22. The zero-order chi connectivity index (χ0) is 22.3. The minimum atomic E-state index is -0.0239. The Bertz CT molecular complexity index is 1020. The number of nitrogens with zero attached hydrogens (tertiary/aromatic N) is 4. The molecule has 1 fully saturated rings. The predicted octanol–water partition coefficient (Wildman–Crippen LogP) is 3.82. The zero-order valence-electron chi connectivity index (χ0n) is 19.1. The second kappa shape index (κ2) is 10.5. The van der Waals surface area contributed by atoms with Crippen LogP contribution in [-0.4, -0.2) is 59.6 Å². The fraction of sp³-hybridized carbons (Fsp3) is 0.385. The number of imidazole rings is 1. The molecule has 6 nitrogen and oxygen atoms in total. The molecule has 0 aliphatic carbocycles. The zero-order valence-corrected chi connectivity index (χ0v) is 19.1. The van der Waals surface area contributed by atoms with E-state index in [0.29, 0.717) is 12.1 Å². The molecule has 1 aromatic heterocycles. The normalized spacial score (nSPS) is 14.5. The number of rotatable bonds is 8. The van der Waals surface area contributed by atoms with Gasteiger partial charge in [-0.15, -0.1) is 0 Å². The summed E-state index contributed by atoms with van der Waals surface area (Å²) in [6.07, 6.45) is 7.38. The summed E-state index contributed by atoms with van der Waals surface area (Å²) in [5, 5.41) is 3.10. The molecule has 2 aromatic carbocycles. The second-order valence-corrected chi connectivity index (χ2v) is 8.62. The first-order valence-electron chi connectivity index (χ1n) is 11.5. The lowest BCUT2D eigenvalue weighted by molar-refractivity contribution is 0.0952. The molecule has 1 N–H and O–H groups in total. The van der Waals surface area contributed by atoms with E-state index in [4.69, 9.17) is 0 Å². The van der Waals surface area contributed by atoms with E-state index >= 15 is 0 Å². The van der Waals surface area contributed by atoms with Crippen LogP contribution >= 0.6 is 0 Å². The van der Waals surface area contributed by atoms with Gasteiger partial charge in [0.25, 0.3) is 5.91 Å². The Morgan fingerprint density at radius 2 is 1.81 bits per heavy atom. The number of carbonyl (C=O) groups excluding carboxylic acids is 1. The molecule has 0 atom stereocenters. The predicted molar refractivity (Wildman–Crippen MR) is 130 cm³/mol. The van der Waals surface area contributed by atoms with E-state index in [2.05, 4.69) is 51.3 Å². The number of unbranched alkanes of at least 4 members (excludes halogenated alkanes) is 1. The molecule has 1 saturated heterocycles. The van der Waals surface area contributed by atoms with Crippen molar-refractivity contribution in [3.8, 4) is 5.69 Å². The summed E-state index contributed by atoms with van der Waals surface area (Å²) in [6.45, 7) is 10.3. The van der Waals surface area contributed by atoms with E-state index in [-0.39, 0.29) is 5.91 Å². The van der Waals surface area contributed by atoms with E-state index in [1.54, 1.807) is 12.5 Å². The fourth-order valence-electron chi connectivity index (χ4n) is 4.27. The highest BCUT2D eigenvalue weighted by molar-refractivity contribution is 5.98. The summed E-state index contributed by atoms with van der Waals surface area (Å²) in [4.78, 5) is 21.9. The summed E-state index contributed by atoms with van der Waals surface area (Å²) < 4.78 is 1.88. The maximum absolute atomic E-state index is 12.8. The minimum absolute atomic E-state index is 0.0239. The first-order chi connectivity index (χ1) is 15.6. The van der Waals surface area contributed by atoms with Crippen LogP contribution in [0.5, 0.6) is 0 Å². The van der Waals surface area contributed by atoms with Gasteiger partial charge < -0.3 is 14.8 Å². The van der Waals surface area contributed by atoms with Crippen molar-refractivity contribution in [2.24, 2.45) is 0 Å². The topological polar surface area (TPSA) is 53.4 Å². The quantitative estimate of drug-likeness (QED) is 0.551. The lowest BCUT2D eigenvalue weighted by atomic mass is 10.1. The van der Waals surface area contributed by atoms with Crippen molar-refractivity contribution >= 4 is 11.6 Å². The Labute approximate surface area is 190 Å². The van der Waals surface area contributed by atoms with E-state index in [1.807, 2.05) is 35.9 Å². The average Bonchev–Trinajstić information content (AvgIpc) is 3.34. The standard InChI is InChI=1S/C26H33N5O/c1-21-6-5-7-23(18-21)30-16-14-29(15-17-30)12-4-3-10-28-26(32)24-19-22(2)8-9-25(24)31-13-11-27-20-31/h5-9,11,13,18-20H,3-4,10,12,14-17H2,1-2H3,(H,28,32). The number of aromatic nitrogens is 2. The molecule has 1 amide bonds. The Morgan fingerprint density at radius 3 is 2.56 bits per heavy atom. The first-order valence-corrected chi connectivity index (χ1v) is 11.5. The van der Waals surface area contributed by atoms with Crippen LogP contribution in [0.1, 0.15) is 34.3 Å². The first kappa shape index (κ1) is 22.1. The molecule has 4 rings (SSSR count). The van der Waals surface area contributed by atoms with Crippen molar-refractivity contribution in [1.82, 2.24) is 19.8 Å². The number of hydrogen-bond acceptors (Lipinski definition) is 4. The van der Waals surface area contributed by atoms with E-state index in [9.17, 15) is 4.79 Å². The molecule has 168 valence electrons. The minimum Gasteiger partial charge on any atom is -0.369 e. The van der Waals surface area contributed by atoms with Crippen molar-refractivity contribution in [3.63, 3.8) is 0 Å². The Morgan fingerprint density at radius 1 is 1.00 bits per heavy atom. The molecule has 3 aromatic rings. The van der Waals surface area contributed by atoms with Gasteiger partial charge in [-0.2, -0.15) is 0 Å². The number of nitrogens with one attached hydrogen (secondary N) is 1. The van der Waals surface area contributed by atoms with Gasteiger partial charge in [-0.1, -0.05) is 23.8 Å². The molecular formula is C26H33N5O. The molecule has 32 heavy (non-hydrogen) atoms. The second-order valence-electron chi connectivity index (χ2n) is 8.62. The van der Waals surface area contributed by atoms with Crippen LogP contribution in [0, 0.1) is 13.8 Å². The van der Waals surface area contributed by atoms with Gasteiger partial charge >= 0.3 is 0 Å². The Balaban J connectivity index is 1.19. The fourth-order valence-corrected chi connectivity index (χ4v) is 4.27. The van der Waals surface area contributed by atoms with Gasteiger partial charge in [-0.3, -0.25) is 9.69 Å². The van der Waals surface area contributed by atoms with Gasteiger partial charge in [-0.05, 0) is 63.1 Å². The number of hydrogen-bond donors (Lipinski definition) is 1. The summed E-state index contributed by atoms with van der Waals surface area (Å²) >= 11 is 0. The molecule has 1 aliphatic heterocycles. The summed E-state index contributed by atoms with van der Waals surface area (Å²) in [7, 11) is 0. The molecule has 2 heterocycles. The van der Waals surface area contributed by atoms with E-state index < -0.39 is 0 Å². The lowest BCUT2D eigenvalue weighted by Crippen LogP contribution is -2.46. The molecule has 1 aliphatic rings. The van der Waals surface area contributed by atoms with Crippen LogP contribution < -0.4 is 10.2 Å². The number of piperazine rings is 1. The molecule has 0 radical (unpaired) electrons. The Hall–Kier alpha value is -3.12. The van der Waals surface area contributed by atoms with Crippen molar-refractivity contribution < 1.29 is 4.79 Å². The van der Waals surface area contributed by atoms with Crippen molar-refractivity contribution in [1.29, 1.82) is 0 Å². The lowest BCUT2D eigenvalue weighted by Gasteiger charge is -2.36. The molecular weight excluding hydrogens is 398 g/mol. The molecule has 0 unspecified atom stereocenters. The average molecular weight is 432 g/mol. The number of amides is 1. The van der Waals surface area contributed by atoms with Gasteiger partial charge in [0, 0.05) is 50.8 Å². The highest BCUT2D eigenvalue weighted by Gasteiger charge is 2.17. The van der Waals surface area contributed by atoms with Crippen LogP contribution in [0.2, 0.25) is 0 Å². The van der Waals surface area contributed by atoms with Crippen molar-refractivity contribution in [2.45, 2.75) is 26.7 Å². The summed E-state index contributed by atoms with van der Waals surface area (Å²) in [6, 6.07) is 14.7. The maximum atomic E-state index is 12.8. The van der Waals surface area contributed by atoms with Gasteiger partial charge in [0.1, 0.15) is 0 Å².